The van der Waals surface area contributed by atoms with Crippen molar-refractivity contribution in [1.29, 1.82) is 0 Å². The van der Waals surface area contributed by atoms with Crippen LogP contribution in [0.4, 0.5) is 0 Å². The van der Waals surface area contributed by atoms with Crippen LogP contribution < -0.4 is 0 Å². The number of rotatable bonds is 15. The smallest absolute Gasteiger partial charge is 0.158 e. The SMILES string of the molecule is O=C(CCCCCCCCCCCC(=O)/C1=C/CCCCCCCCCC1)Cc1ccccc1. The number of ketones is 2. The monoisotopic (exact) mass is 466 g/mol. The van der Waals surface area contributed by atoms with E-state index < -0.39 is 0 Å². The molecular weight excluding hydrogens is 416 g/mol. The summed E-state index contributed by atoms with van der Waals surface area (Å²) in [6.07, 6.45) is 27.8. The molecule has 0 atom stereocenters. The van der Waals surface area contributed by atoms with Gasteiger partial charge in [-0.3, -0.25) is 9.59 Å². The van der Waals surface area contributed by atoms with E-state index in [9.17, 15) is 9.59 Å². The van der Waals surface area contributed by atoms with Crippen molar-refractivity contribution in [2.75, 3.05) is 0 Å². The Labute approximate surface area is 210 Å². The largest absolute Gasteiger partial charge is 0.299 e. The number of allylic oxidation sites excluding steroid dienone is 2. The summed E-state index contributed by atoms with van der Waals surface area (Å²) in [7, 11) is 0. The van der Waals surface area contributed by atoms with Gasteiger partial charge in [0.1, 0.15) is 5.78 Å². The third-order valence-corrected chi connectivity index (χ3v) is 7.25. The molecule has 0 bridgehead atoms. The molecular formula is C32H50O2. The summed E-state index contributed by atoms with van der Waals surface area (Å²) in [6.45, 7) is 0. The summed E-state index contributed by atoms with van der Waals surface area (Å²) in [5.41, 5.74) is 2.27. The lowest BCUT2D eigenvalue weighted by molar-refractivity contribution is -0.118. The van der Waals surface area contributed by atoms with Gasteiger partial charge in [-0.05, 0) is 49.7 Å². The predicted molar refractivity (Wildman–Crippen MR) is 145 cm³/mol. The van der Waals surface area contributed by atoms with E-state index in [0.29, 0.717) is 18.0 Å². The van der Waals surface area contributed by atoms with Crippen LogP contribution in [-0.2, 0) is 16.0 Å². The summed E-state index contributed by atoms with van der Waals surface area (Å²) in [6, 6.07) is 10.1. The van der Waals surface area contributed by atoms with Gasteiger partial charge in [-0.25, -0.2) is 0 Å². The standard InChI is InChI=1S/C32H50O2/c33-31(28-29-22-16-15-17-23-29)26-20-13-9-5-2-6-10-14-21-27-32(34)30-24-18-11-7-3-1-4-8-12-19-25-30/h15-17,22-24H,1-14,18-21,25-28H2/b30-24+. The molecule has 0 aromatic heterocycles. The number of hydrogen-bond acceptors (Lipinski definition) is 2. The molecule has 0 radical (unpaired) electrons. The first-order valence-corrected chi connectivity index (χ1v) is 14.5. The molecule has 1 aliphatic carbocycles. The second-order valence-electron chi connectivity index (χ2n) is 10.4. The minimum atomic E-state index is 0.368. The van der Waals surface area contributed by atoms with Crippen LogP contribution in [0.2, 0.25) is 0 Å². The van der Waals surface area contributed by atoms with E-state index >= 15 is 0 Å². The Balaban J connectivity index is 1.43. The van der Waals surface area contributed by atoms with E-state index in [-0.39, 0.29) is 0 Å². The maximum absolute atomic E-state index is 12.7. The van der Waals surface area contributed by atoms with Crippen molar-refractivity contribution in [3.05, 3.63) is 47.5 Å². The Morgan fingerprint density at radius 2 is 1.12 bits per heavy atom. The number of carbonyl (C=O) groups is 2. The zero-order valence-electron chi connectivity index (χ0n) is 21.8. The predicted octanol–water partition coefficient (Wildman–Crippen LogP) is 9.50. The number of hydrogen-bond donors (Lipinski definition) is 0. The highest BCUT2D eigenvalue weighted by molar-refractivity contribution is 5.95. The molecule has 1 aromatic rings. The fourth-order valence-electron chi connectivity index (χ4n) is 5.07. The zero-order valence-corrected chi connectivity index (χ0v) is 21.8. The van der Waals surface area contributed by atoms with Gasteiger partial charge in [-0.15, -0.1) is 0 Å². The highest BCUT2D eigenvalue weighted by Crippen LogP contribution is 2.20. The van der Waals surface area contributed by atoms with Crippen LogP contribution in [0, 0.1) is 0 Å². The Hall–Kier alpha value is -1.70. The summed E-state index contributed by atoms with van der Waals surface area (Å²) in [5, 5.41) is 0. The highest BCUT2D eigenvalue weighted by Gasteiger charge is 2.10. The van der Waals surface area contributed by atoms with Crippen molar-refractivity contribution in [2.45, 2.75) is 141 Å². The third-order valence-electron chi connectivity index (χ3n) is 7.25. The lowest BCUT2D eigenvalue weighted by Gasteiger charge is -2.09. The normalized spacial score (nSPS) is 17.2. The average molecular weight is 467 g/mol. The topological polar surface area (TPSA) is 34.1 Å². The molecule has 34 heavy (non-hydrogen) atoms. The molecule has 0 N–H and O–H groups in total. The van der Waals surface area contributed by atoms with E-state index in [1.54, 1.807) is 0 Å². The molecule has 0 saturated heterocycles. The van der Waals surface area contributed by atoms with Crippen molar-refractivity contribution in [3.8, 4) is 0 Å². The Kier molecular flexibility index (Phi) is 16.4. The second-order valence-corrected chi connectivity index (χ2v) is 10.4. The van der Waals surface area contributed by atoms with Crippen LogP contribution in [0.25, 0.3) is 0 Å². The lowest BCUT2D eigenvalue weighted by Crippen LogP contribution is -2.03. The fraction of sp³-hybridized carbons (Fsp3) is 0.688. The third kappa shape index (κ3) is 14.5. The van der Waals surface area contributed by atoms with E-state index in [1.807, 2.05) is 30.3 Å². The maximum Gasteiger partial charge on any atom is 0.158 e. The van der Waals surface area contributed by atoms with Gasteiger partial charge >= 0.3 is 0 Å². The molecule has 1 aliphatic rings. The molecule has 0 heterocycles. The van der Waals surface area contributed by atoms with Crippen molar-refractivity contribution < 1.29 is 9.59 Å². The zero-order chi connectivity index (χ0) is 24.1. The lowest BCUT2D eigenvalue weighted by atomic mass is 9.95. The first-order valence-electron chi connectivity index (χ1n) is 14.5. The Morgan fingerprint density at radius 1 is 0.588 bits per heavy atom. The molecule has 2 heteroatoms. The molecule has 190 valence electrons. The maximum atomic E-state index is 12.7. The Morgan fingerprint density at radius 3 is 1.76 bits per heavy atom. The van der Waals surface area contributed by atoms with Crippen LogP contribution in [0.5, 0.6) is 0 Å². The van der Waals surface area contributed by atoms with Crippen molar-refractivity contribution in [1.82, 2.24) is 0 Å². The first-order chi connectivity index (χ1) is 16.8. The van der Waals surface area contributed by atoms with Crippen LogP contribution in [0.15, 0.2) is 42.0 Å². The van der Waals surface area contributed by atoms with Gasteiger partial charge in [0.2, 0.25) is 0 Å². The van der Waals surface area contributed by atoms with E-state index in [0.717, 1.165) is 49.7 Å². The van der Waals surface area contributed by atoms with E-state index in [4.69, 9.17) is 0 Å². The van der Waals surface area contributed by atoms with Crippen LogP contribution in [0.1, 0.15) is 140 Å². The number of benzene rings is 1. The molecule has 0 amide bonds. The number of Topliss-reactive ketones (excluding diaryl/α,β-unsaturated/α-hetero) is 2. The van der Waals surface area contributed by atoms with Crippen LogP contribution in [-0.4, -0.2) is 11.6 Å². The number of carbonyl (C=O) groups excluding carboxylic acids is 2. The highest BCUT2D eigenvalue weighted by atomic mass is 16.1. The molecule has 2 nitrogen and oxygen atoms in total. The summed E-state index contributed by atoms with van der Waals surface area (Å²) in [5.74, 6) is 0.798. The molecule has 1 aromatic carbocycles. The van der Waals surface area contributed by atoms with E-state index in [2.05, 4.69) is 6.08 Å². The molecule has 2 rings (SSSR count). The Bertz CT molecular complexity index is 688. The van der Waals surface area contributed by atoms with Gasteiger partial charge in [0.15, 0.2) is 5.78 Å². The van der Waals surface area contributed by atoms with Gasteiger partial charge in [-0.1, -0.05) is 120 Å². The van der Waals surface area contributed by atoms with E-state index in [1.165, 1.54) is 96.3 Å². The number of unbranched alkanes of at least 4 members (excludes halogenated alkanes) is 8. The van der Waals surface area contributed by atoms with Crippen molar-refractivity contribution in [2.24, 2.45) is 0 Å². The molecule has 0 fully saturated rings. The summed E-state index contributed by atoms with van der Waals surface area (Å²) in [4.78, 5) is 24.8. The quantitative estimate of drug-likeness (QED) is 0.241. The summed E-state index contributed by atoms with van der Waals surface area (Å²) < 4.78 is 0. The van der Waals surface area contributed by atoms with Crippen LogP contribution >= 0.6 is 0 Å². The molecule has 0 spiro atoms. The molecule has 0 aliphatic heterocycles. The van der Waals surface area contributed by atoms with Crippen LogP contribution in [0.3, 0.4) is 0 Å². The van der Waals surface area contributed by atoms with Gasteiger partial charge in [0, 0.05) is 19.3 Å². The van der Waals surface area contributed by atoms with Gasteiger partial charge in [-0.2, -0.15) is 0 Å². The average Bonchev–Trinajstić information content (AvgIpc) is 2.83. The minimum absolute atomic E-state index is 0.368. The van der Waals surface area contributed by atoms with Gasteiger partial charge in [0.05, 0.1) is 0 Å². The first kappa shape index (κ1) is 28.5. The second kappa shape index (κ2) is 19.6. The minimum Gasteiger partial charge on any atom is -0.299 e. The van der Waals surface area contributed by atoms with Crippen molar-refractivity contribution >= 4 is 11.6 Å². The summed E-state index contributed by atoms with van der Waals surface area (Å²) >= 11 is 0. The van der Waals surface area contributed by atoms with Gasteiger partial charge < -0.3 is 0 Å². The molecule has 0 unspecified atom stereocenters. The van der Waals surface area contributed by atoms with Crippen molar-refractivity contribution in [3.63, 3.8) is 0 Å². The van der Waals surface area contributed by atoms with Gasteiger partial charge in [0.25, 0.3) is 0 Å². The molecule has 0 saturated carbocycles. The fourth-order valence-corrected chi connectivity index (χ4v) is 5.07.